The third kappa shape index (κ3) is 2.65. The highest BCUT2D eigenvalue weighted by molar-refractivity contribution is 6.01. The summed E-state index contributed by atoms with van der Waals surface area (Å²) < 4.78 is 7.11. The Hall–Kier alpha value is -2.41. The van der Waals surface area contributed by atoms with Gasteiger partial charge in [-0.15, -0.1) is 10.2 Å². The molecular formula is C17H21N5O2. The van der Waals surface area contributed by atoms with E-state index in [1.807, 2.05) is 28.8 Å². The van der Waals surface area contributed by atoms with E-state index in [0.29, 0.717) is 23.3 Å². The zero-order valence-electron chi connectivity index (χ0n) is 13.9. The lowest BCUT2D eigenvalue weighted by atomic mass is 9.89. The normalized spacial score (nSPS) is 22.8. The van der Waals surface area contributed by atoms with Crippen molar-refractivity contribution in [2.75, 3.05) is 32.6 Å². The van der Waals surface area contributed by atoms with Crippen LogP contribution in [-0.2, 0) is 13.0 Å². The highest BCUT2D eigenvalue weighted by Crippen LogP contribution is 2.31. The molecule has 1 aromatic carbocycles. The van der Waals surface area contributed by atoms with E-state index in [1.54, 1.807) is 7.11 Å². The number of anilines is 1. The minimum absolute atomic E-state index is 0.219. The predicted molar refractivity (Wildman–Crippen MR) is 89.2 cm³/mol. The van der Waals surface area contributed by atoms with Crippen LogP contribution in [-0.4, -0.2) is 52.8 Å². The summed E-state index contributed by atoms with van der Waals surface area (Å²) in [6, 6.07) is 7.25. The zero-order valence-corrected chi connectivity index (χ0v) is 13.9. The standard InChI is InChI=1S/C17H21N5O2/c1-21-8-11-7-15-19-20-16(22(15)10-12(11)9-21)17(23)18-13-3-5-14(24-2)6-4-13/h3-6,11-12H,7-10H2,1-2H3,(H,18,23). The summed E-state index contributed by atoms with van der Waals surface area (Å²) in [6.07, 6.45) is 0.901. The van der Waals surface area contributed by atoms with E-state index >= 15 is 0 Å². The van der Waals surface area contributed by atoms with E-state index in [-0.39, 0.29) is 5.91 Å². The number of aromatic nitrogens is 3. The van der Waals surface area contributed by atoms with E-state index in [4.69, 9.17) is 4.74 Å². The molecule has 2 atom stereocenters. The Labute approximate surface area is 140 Å². The van der Waals surface area contributed by atoms with Gasteiger partial charge in [-0.3, -0.25) is 4.79 Å². The van der Waals surface area contributed by atoms with Crippen LogP contribution in [0.1, 0.15) is 16.4 Å². The first kappa shape index (κ1) is 15.1. The van der Waals surface area contributed by atoms with Gasteiger partial charge in [-0.1, -0.05) is 0 Å². The molecule has 7 heteroatoms. The van der Waals surface area contributed by atoms with Crippen LogP contribution < -0.4 is 10.1 Å². The van der Waals surface area contributed by atoms with Crippen molar-refractivity contribution in [3.8, 4) is 5.75 Å². The largest absolute Gasteiger partial charge is 0.497 e. The Balaban J connectivity index is 1.52. The number of hydrogen-bond acceptors (Lipinski definition) is 5. The molecule has 1 amide bonds. The van der Waals surface area contributed by atoms with E-state index in [2.05, 4.69) is 27.5 Å². The third-order valence-electron chi connectivity index (χ3n) is 5.00. The zero-order chi connectivity index (χ0) is 16.7. The molecule has 24 heavy (non-hydrogen) atoms. The van der Waals surface area contributed by atoms with Crippen LogP contribution >= 0.6 is 0 Å². The number of nitrogens with zero attached hydrogens (tertiary/aromatic N) is 4. The lowest BCUT2D eigenvalue weighted by molar-refractivity contribution is 0.100. The summed E-state index contributed by atoms with van der Waals surface area (Å²) in [4.78, 5) is 14.9. The highest BCUT2D eigenvalue weighted by atomic mass is 16.5. The summed E-state index contributed by atoms with van der Waals surface area (Å²) in [6.45, 7) is 3.00. The third-order valence-corrected chi connectivity index (χ3v) is 5.00. The van der Waals surface area contributed by atoms with Crippen LogP contribution in [0.15, 0.2) is 24.3 Å². The van der Waals surface area contributed by atoms with Crippen molar-refractivity contribution in [1.29, 1.82) is 0 Å². The number of benzene rings is 1. The number of carbonyl (C=O) groups excluding carboxylic acids is 1. The molecule has 2 aromatic rings. The Kier molecular flexibility index (Phi) is 3.72. The Morgan fingerprint density at radius 1 is 1.17 bits per heavy atom. The van der Waals surface area contributed by atoms with Gasteiger partial charge in [0.2, 0.25) is 5.82 Å². The number of amides is 1. The van der Waals surface area contributed by atoms with Gasteiger partial charge in [0.15, 0.2) is 0 Å². The van der Waals surface area contributed by atoms with Gasteiger partial charge in [-0.2, -0.15) is 0 Å². The van der Waals surface area contributed by atoms with Gasteiger partial charge >= 0.3 is 0 Å². The van der Waals surface area contributed by atoms with Crippen LogP contribution in [0, 0.1) is 11.8 Å². The Bertz CT molecular complexity index is 755. The van der Waals surface area contributed by atoms with Crippen molar-refractivity contribution in [3.63, 3.8) is 0 Å². The second-order valence-corrected chi connectivity index (χ2v) is 6.68. The SMILES string of the molecule is COc1ccc(NC(=O)c2nnc3n2CC2CN(C)CC2C3)cc1. The van der Waals surface area contributed by atoms with E-state index in [0.717, 1.165) is 37.6 Å². The molecule has 126 valence electrons. The molecule has 4 rings (SSSR count). The summed E-state index contributed by atoms with van der Waals surface area (Å²) in [5.74, 6) is 3.06. The summed E-state index contributed by atoms with van der Waals surface area (Å²) in [7, 11) is 3.76. The number of fused-ring (bicyclic) bond motifs is 2. The molecule has 0 bridgehead atoms. The summed E-state index contributed by atoms with van der Waals surface area (Å²) in [5, 5.41) is 11.3. The number of nitrogens with one attached hydrogen (secondary N) is 1. The molecular weight excluding hydrogens is 306 g/mol. The number of rotatable bonds is 3. The molecule has 0 saturated carbocycles. The van der Waals surface area contributed by atoms with Crippen LogP contribution in [0.5, 0.6) is 5.75 Å². The fourth-order valence-corrected chi connectivity index (χ4v) is 3.79. The van der Waals surface area contributed by atoms with E-state index in [1.165, 1.54) is 0 Å². The Morgan fingerprint density at radius 3 is 2.67 bits per heavy atom. The quantitative estimate of drug-likeness (QED) is 0.919. The minimum Gasteiger partial charge on any atom is -0.497 e. The van der Waals surface area contributed by atoms with Gasteiger partial charge in [0.05, 0.1) is 7.11 Å². The van der Waals surface area contributed by atoms with E-state index in [9.17, 15) is 4.79 Å². The molecule has 3 heterocycles. The second-order valence-electron chi connectivity index (χ2n) is 6.68. The van der Waals surface area contributed by atoms with Gasteiger partial charge < -0.3 is 19.5 Å². The van der Waals surface area contributed by atoms with Crippen molar-refractivity contribution in [2.45, 2.75) is 13.0 Å². The molecule has 0 aliphatic carbocycles. The molecule has 1 saturated heterocycles. The van der Waals surface area contributed by atoms with Crippen LogP contribution in [0.25, 0.3) is 0 Å². The fraction of sp³-hybridized carbons (Fsp3) is 0.471. The van der Waals surface area contributed by atoms with Crippen LogP contribution in [0.3, 0.4) is 0 Å². The maximum Gasteiger partial charge on any atom is 0.293 e. The molecule has 7 nitrogen and oxygen atoms in total. The summed E-state index contributed by atoms with van der Waals surface area (Å²) >= 11 is 0. The van der Waals surface area contributed by atoms with Crippen molar-refractivity contribution < 1.29 is 9.53 Å². The smallest absolute Gasteiger partial charge is 0.293 e. The van der Waals surface area contributed by atoms with Gasteiger partial charge in [0.25, 0.3) is 5.91 Å². The molecule has 0 radical (unpaired) electrons. The van der Waals surface area contributed by atoms with Gasteiger partial charge in [-0.05, 0) is 43.1 Å². The lowest BCUT2D eigenvalue weighted by Crippen LogP contribution is -2.31. The van der Waals surface area contributed by atoms with Gasteiger partial charge in [0.1, 0.15) is 11.6 Å². The summed E-state index contributed by atoms with van der Waals surface area (Å²) in [5.41, 5.74) is 0.715. The maximum atomic E-state index is 12.6. The topological polar surface area (TPSA) is 72.3 Å². The van der Waals surface area contributed by atoms with Gasteiger partial charge in [0, 0.05) is 31.7 Å². The van der Waals surface area contributed by atoms with Crippen molar-refractivity contribution >= 4 is 11.6 Å². The van der Waals surface area contributed by atoms with Crippen molar-refractivity contribution in [1.82, 2.24) is 19.7 Å². The first-order valence-electron chi connectivity index (χ1n) is 8.20. The lowest BCUT2D eigenvalue weighted by Gasteiger charge is -2.25. The monoisotopic (exact) mass is 327 g/mol. The number of likely N-dealkylation sites (tertiary alicyclic amines) is 1. The molecule has 2 aliphatic rings. The van der Waals surface area contributed by atoms with Crippen LogP contribution in [0.2, 0.25) is 0 Å². The molecule has 2 aliphatic heterocycles. The molecule has 1 aromatic heterocycles. The van der Waals surface area contributed by atoms with Crippen molar-refractivity contribution in [3.05, 3.63) is 35.9 Å². The fourth-order valence-electron chi connectivity index (χ4n) is 3.79. The van der Waals surface area contributed by atoms with Crippen LogP contribution in [0.4, 0.5) is 5.69 Å². The molecule has 2 unspecified atom stereocenters. The van der Waals surface area contributed by atoms with Gasteiger partial charge in [-0.25, -0.2) is 0 Å². The average Bonchev–Trinajstić information content (AvgIpc) is 3.14. The first-order chi connectivity index (χ1) is 11.6. The number of carbonyl (C=O) groups is 1. The molecule has 1 N–H and O–H groups in total. The second kappa shape index (κ2) is 5.90. The predicted octanol–water partition coefficient (Wildman–Crippen LogP) is 1.27. The molecule has 0 spiro atoms. The number of methoxy groups -OCH3 is 1. The molecule has 1 fully saturated rings. The maximum absolute atomic E-state index is 12.6. The average molecular weight is 327 g/mol. The number of hydrogen-bond donors (Lipinski definition) is 1. The first-order valence-corrected chi connectivity index (χ1v) is 8.20. The Morgan fingerprint density at radius 2 is 1.92 bits per heavy atom. The van der Waals surface area contributed by atoms with E-state index < -0.39 is 0 Å². The minimum atomic E-state index is -0.219. The number of ether oxygens (including phenoxy) is 1. The highest BCUT2D eigenvalue weighted by Gasteiger charge is 2.37. The van der Waals surface area contributed by atoms with Crippen molar-refractivity contribution in [2.24, 2.45) is 11.8 Å².